The Morgan fingerprint density at radius 1 is 1.32 bits per heavy atom. The molecule has 1 heterocycles. The van der Waals surface area contributed by atoms with E-state index in [0.29, 0.717) is 10.9 Å². The molecule has 5 nitrogen and oxygen atoms in total. The second-order valence-electron chi connectivity index (χ2n) is 4.92. The molecule has 0 amide bonds. The Balaban J connectivity index is 2.34. The van der Waals surface area contributed by atoms with Gasteiger partial charge in [-0.05, 0) is 24.7 Å². The number of sulfonamides is 1. The number of unbranched alkanes of at least 4 members (excludes halogenated alkanes) is 5. The Labute approximate surface area is 146 Å². The molecule has 0 saturated carbocycles. The first-order valence-electron chi connectivity index (χ1n) is 7.22. The van der Waals surface area contributed by atoms with E-state index in [2.05, 4.69) is 17.0 Å². The summed E-state index contributed by atoms with van der Waals surface area (Å²) in [5.74, 6) is 0. The third-order valence-corrected chi connectivity index (χ3v) is 6.54. The van der Waals surface area contributed by atoms with Crippen LogP contribution in [0.5, 0.6) is 0 Å². The molecule has 0 radical (unpaired) electrons. The summed E-state index contributed by atoms with van der Waals surface area (Å²) >= 11 is 11.7. The Bertz CT molecular complexity index is 587. The number of hydrogen-bond donors (Lipinski definition) is 3. The zero-order valence-corrected chi connectivity index (χ0v) is 15.7. The molecule has 0 fully saturated rings. The van der Waals surface area contributed by atoms with Gasteiger partial charge in [-0.15, -0.1) is 11.3 Å². The van der Waals surface area contributed by atoms with E-state index < -0.39 is 10.0 Å². The second-order valence-corrected chi connectivity index (χ2v) is 8.89. The second kappa shape index (κ2) is 9.54. The molecule has 1 aromatic rings. The summed E-state index contributed by atoms with van der Waals surface area (Å²) in [6.07, 6.45) is 6.98. The van der Waals surface area contributed by atoms with Crippen LogP contribution in [0.4, 0.5) is 5.69 Å². The lowest BCUT2D eigenvalue weighted by Crippen LogP contribution is -2.39. The summed E-state index contributed by atoms with van der Waals surface area (Å²) in [5.41, 5.74) is 5.75. The van der Waals surface area contributed by atoms with Gasteiger partial charge in [-0.3, -0.25) is 4.72 Å². The van der Waals surface area contributed by atoms with Crippen molar-refractivity contribution in [2.45, 2.75) is 49.7 Å². The van der Waals surface area contributed by atoms with Gasteiger partial charge >= 0.3 is 0 Å². The highest BCUT2D eigenvalue weighted by Gasteiger charge is 2.21. The van der Waals surface area contributed by atoms with Gasteiger partial charge in [0.15, 0.2) is 9.32 Å². The first kappa shape index (κ1) is 19.5. The van der Waals surface area contributed by atoms with Crippen LogP contribution in [0.15, 0.2) is 10.3 Å². The van der Waals surface area contributed by atoms with Crippen LogP contribution in [0.25, 0.3) is 0 Å². The minimum Gasteiger partial charge on any atom is -0.397 e. The fourth-order valence-corrected chi connectivity index (χ4v) is 4.95. The van der Waals surface area contributed by atoms with Crippen molar-refractivity contribution >= 4 is 56.0 Å². The van der Waals surface area contributed by atoms with Crippen molar-refractivity contribution in [3.8, 4) is 0 Å². The molecule has 0 spiro atoms. The van der Waals surface area contributed by atoms with E-state index in [9.17, 15) is 8.42 Å². The van der Waals surface area contributed by atoms with Gasteiger partial charge in [-0.2, -0.15) is 0 Å². The van der Waals surface area contributed by atoms with Gasteiger partial charge in [-0.25, -0.2) is 8.42 Å². The third-order valence-electron chi connectivity index (χ3n) is 2.98. The maximum absolute atomic E-state index is 12.1. The number of anilines is 1. The fourth-order valence-electron chi connectivity index (χ4n) is 1.88. The monoisotopic (exact) mass is 383 g/mol. The first-order chi connectivity index (χ1) is 10.4. The van der Waals surface area contributed by atoms with E-state index in [1.54, 1.807) is 0 Å². The molecule has 0 atom stereocenters. The fraction of sp³-hybridized carbons (Fsp3) is 0.615. The summed E-state index contributed by atoms with van der Waals surface area (Å²) in [6, 6.07) is 1.41. The van der Waals surface area contributed by atoms with E-state index in [1.165, 1.54) is 31.7 Å². The van der Waals surface area contributed by atoms with Gasteiger partial charge in [0.25, 0.3) is 10.0 Å². The SMILES string of the molecule is CCCCCCCCNC(=S)NS(=O)(=O)c1sc(Cl)cc1N. The van der Waals surface area contributed by atoms with Crippen LogP contribution in [-0.2, 0) is 10.0 Å². The van der Waals surface area contributed by atoms with Crippen LogP contribution in [0.3, 0.4) is 0 Å². The van der Waals surface area contributed by atoms with Gasteiger partial charge in [-0.1, -0.05) is 50.6 Å². The van der Waals surface area contributed by atoms with Crippen molar-refractivity contribution in [3.05, 3.63) is 10.4 Å². The largest absolute Gasteiger partial charge is 0.397 e. The van der Waals surface area contributed by atoms with Crippen LogP contribution in [-0.4, -0.2) is 20.1 Å². The zero-order chi connectivity index (χ0) is 16.6. The predicted octanol–water partition coefficient (Wildman–Crippen LogP) is 3.50. The Kier molecular flexibility index (Phi) is 8.45. The minimum absolute atomic E-state index is 0.0128. The van der Waals surface area contributed by atoms with Crippen LogP contribution < -0.4 is 15.8 Å². The van der Waals surface area contributed by atoms with Crippen LogP contribution in [0.2, 0.25) is 4.34 Å². The number of nitrogens with one attached hydrogen (secondary N) is 2. The van der Waals surface area contributed by atoms with Crippen molar-refractivity contribution < 1.29 is 8.42 Å². The van der Waals surface area contributed by atoms with E-state index in [4.69, 9.17) is 29.6 Å². The van der Waals surface area contributed by atoms with Crippen molar-refractivity contribution in [3.63, 3.8) is 0 Å². The van der Waals surface area contributed by atoms with Gasteiger partial charge in [0.2, 0.25) is 0 Å². The summed E-state index contributed by atoms with van der Waals surface area (Å²) < 4.78 is 26.8. The van der Waals surface area contributed by atoms with E-state index in [-0.39, 0.29) is 15.0 Å². The van der Waals surface area contributed by atoms with Crippen LogP contribution in [0.1, 0.15) is 45.4 Å². The van der Waals surface area contributed by atoms with Crippen LogP contribution >= 0.6 is 35.2 Å². The lowest BCUT2D eigenvalue weighted by molar-refractivity contribution is 0.591. The third kappa shape index (κ3) is 6.68. The smallest absolute Gasteiger partial charge is 0.275 e. The molecule has 0 unspecified atom stereocenters. The number of nitrogen functional groups attached to an aromatic ring is 1. The van der Waals surface area contributed by atoms with Crippen molar-refractivity contribution in [1.29, 1.82) is 0 Å². The molecule has 22 heavy (non-hydrogen) atoms. The van der Waals surface area contributed by atoms with Crippen molar-refractivity contribution in [2.75, 3.05) is 12.3 Å². The maximum atomic E-state index is 12.1. The van der Waals surface area contributed by atoms with Crippen molar-refractivity contribution in [2.24, 2.45) is 0 Å². The van der Waals surface area contributed by atoms with Crippen LogP contribution in [0, 0.1) is 0 Å². The molecule has 126 valence electrons. The normalized spacial score (nSPS) is 11.4. The lowest BCUT2D eigenvalue weighted by Gasteiger charge is -2.10. The highest BCUT2D eigenvalue weighted by Crippen LogP contribution is 2.32. The first-order valence-corrected chi connectivity index (χ1v) is 10.3. The Hall–Kier alpha value is -0.570. The van der Waals surface area contributed by atoms with E-state index >= 15 is 0 Å². The molecule has 9 heteroatoms. The number of nitrogens with two attached hydrogens (primary N) is 1. The molecule has 0 aliphatic carbocycles. The quantitative estimate of drug-likeness (QED) is 0.449. The van der Waals surface area contributed by atoms with Gasteiger partial charge < -0.3 is 11.1 Å². The summed E-state index contributed by atoms with van der Waals surface area (Å²) in [6.45, 7) is 2.83. The molecule has 1 rings (SSSR count). The van der Waals surface area contributed by atoms with E-state index in [1.807, 2.05) is 0 Å². The van der Waals surface area contributed by atoms with Gasteiger partial charge in [0.1, 0.15) is 0 Å². The van der Waals surface area contributed by atoms with Crippen molar-refractivity contribution in [1.82, 2.24) is 10.0 Å². The summed E-state index contributed by atoms with van der Waals surface area (Å²) in [4.78, 5) is 0. The lowest BCUT2D eigenvalue weighted by atomic mass is 10.1. The summed E-state index contributed by atoms with van der Waals surface area (Å²) in [5, 5.41) is 2.98. The topological polar surface area (TPSA) is 84.2 Å². The van der Waals surface area contributed by atoms with E-state index in [0.717, 1.165) is 24.2 Å². The predicted molar refractivity (Wildman–Crippen MR) is 98.0 cm³/mol. The zero-order valence-electron chi connectivity index (χ0n) is 12.5. The number of rotatable bonds is 9. The average molecular weight is 384 g/mol. The minimum atomic E-state index is -3.77. The highest BCUT2D eigenvalue weighted by molar-refractivity contribution is 7.93. The molecule has 4 N–H and O–H groups in total. The molecule has 0 saturated heterocycles. The molecular weight excluding hydrogens is 362 g/mol. The number of hydrogen-bond acceptors (Lipinski definition) is 5. The standard InChI is InChI=1S/C13H22ClN3O2S3/c1-2-3-4-5-6-7-8-16-13(20)17-22(18,19)12-10(15)9-11(14)21-12/h9H,2-8,15H2,1H3,(H2,16,17,20). The molecule has 0 aromatic carbocycles. The van der Waals surface area contributed by atoms with Gasteiger partial charge in [0, 0.05) is 6.54 Å². The molecular formula is C13H22ClN3O2S3. The number of thiophene rings is 1. The molecule has 0 bridgehead atoms. The molecule has 1 aromatic heterocycles. The average Bonchev–Trinajstić information content (AvgIpc) is 2.77. The Morgan fingerprint density at radius 2 is 1.95 bits per heavy atom. The number of halogens is 1. The molecule has 0 aliphatic heterocycles. The van der Waals surface area contributed by atoms with Gasteiger partial charge in [0.05, 0.1) is 10.0 Å². The highest BCUT2D eigenvalue weighted by atomic mass is 35.5. The maximum Gasteiger partial charge on any atom is 0.275 e. The number of thiocarbonyl (C=S) groups is 1. The Morgan fingerprint density at radius 3 is 2.55 bits per heavy atom. The summed E-state index contributed by atoms with van der Waals surface area (Å²) in [7, 11) is -3.77. The molecule has 0 aliphatic rings.